The molecule has 0 fully saturated rings. The third kappa shape index (κ3) is 4.53. The Morgan fingerprint density at radius 3 is 2.57 bits per heavy atom. The minimum atomic E-state index is -0.679. The Kier molecular flexibility index (Phi) is 5.27. The van der Waals surface area contributed by atoms with Gasteiger partial charge in [-0.05, 0) is 40.2 Å². The lowest BCUT2D eigenvalue weighted by Crippen LogP contribution is -2.16. The van der Waals surface area contributed by atoms with Crippen molar-refractivity contribution in [1.29, 1.82) is 0 Å². The van der Waals surface area contributed by atoms with E-state index in [1.165, 1.54) is 6.07 Å². The molecule has 21 heavy (non-hydrogen) atoms. The first-order valence-electron chi connectivity index (χ1n) is 6.29. The number of halogens is 3. The van der Waals surface area contributed by atoms with Gasteiger partial charge in [-0.1, -0.05) is 12.1 Å². The van der Waals surface area contributed by atoms with Crippen molar-refractivity contribution in [3.8, 4) is 0 Å². The maximum atomic E-state index is 13.4. The van der Waals surface area contributed by atoms with Crippen molar-refractivity contribution in [3.63, 3.8) is 0 Å². The van der Waals surface area contributed by atoms with Crippen LogP contribution in [0.15, 0.2) is 46.9 Å². The van der Waals surface area contributed by atoms with Gasteiger partial charge in [0.25, 0.3) is 0 Å². The number of carbonyl (C=O) groups excluding carboxylic acids is 1. The topological polar surface area (TPSA) is 41.1 Å². The first-order valence-corrected chi connectivity index (χ1v) is 7.09. The van der Waals surface area contributed by atoms with Crippen molar-refractivity contribution in [1.82, 2.24) is 0 Å². The minimum absolute atomic E-state index is 0.165. The van der Waals surface area contributed by atoms with Crippen LogP contribution < -0.4 is 10.6 Å². The quantitative estimate of drug-likeness (QED) is 0.845. The molecule has 0 aliphatic heterocycles. The molecular formula is C15H13BrF2N2O. The van der Waals surface area contributed by atoms with Crippen LogP contribution in [0.2, 0.25) is 0 Å². The number of para-hydroxylation sites is 1. The van der Waals surface area contributed by atoms with Crippen LogP contribution in [0.3, 0.4) is 0 Å². The van der Waals surface area contributed by atoms with E-state index in [9.17, 15) is 13.6 Å². The van der Waals surface area contributed by atoms with E-state index in [2.05, 4.69) is 26.6 Å². The SMILES string of the molecule is O=C(CCNc1ccc(F)cc1F)Nc1ccccc1Br. The maximum absolute atomic E-state index is 13.4. The number of rotatable bonds is 5. The van der Waals surface area contributed by atoms with Crippen LogP contribution in [0.25, 0.3) is 0 Å². The average Bonchev–Trinajstić information content (AvgIpc) is 2.44. The second-order valence-corrected chi connectivity index (χ2v) is 5.18. The van der Waals surface area contributed by atoms with E-state index in [4.69, 9.17) is 0 Å². The van der Waals surface area contributed by atoms with Crippen molar-refractivity contribution in [2.45, 2.75) is 6.42 Å². The molecule has 6 heteroatoms. The predicted molar refractivity (Wildman–Crippen MR) is 82.2 cm³/mol. The van der Waals surface area contributed by atoms with E-state index in [1.807, 2.05) is 18.2 Å². The monoisotopic (exact) mass is 354 g/mol. The standard InChI is InChI=1S/C15H13BrF2N2O/c16-11-3-1-2-4-13(11)20-15(21)7-8-19-14-6-5-10(17)9-12(14)18/h1-6,9,19H,7-8H2,(H,20,21). The van der Waals surface area contributed by atoms with Gasteiger partial charge in [0.2, 0.25) is 5.91 Å². The zero-order valence-corrected chi connectivity index (χ0v) is 12.6. The summed E-state index contributed by atoms with van der Waals surface area (Å²) in [6, 6.07) is 10.5. The lowest BCUT2D eigenvalue weighted by Gasteiger charge is -2.09. The fourth-order valence-corrected chi connectivity index (χ4v) is 2.10. The summed E-state index contributed by atoms with van der Waals surface area (Å²) in [5.74, 6) is -1.51. The van der Waals surface area contributed by atoms with Crippen LogP contribution in [-0.2, 0) is 4.79 Å². The van der Waals surface area contributed by atoms with Crippen LogP contribution in [0.1, 0.15) is 6.42 Å². The summed E-state index contributed by atoms with van der Waals surface area (Å²) in [7, 11) is 0. The maximum Gasteiger partial charge on any atom is 0.226 e. The fourth-order valence-electron chi connectivity index (χ4n) is 1.72. The molecule has 0 aliphatic rings. The zero-order valence-electron chi connectivity index (χ0n) is 11.0. The Morgan fingerprint density at radius 1 is 1.10 bits per heavy atom. The molecule has 0 spiro atoms. The van der Waals surface area contributed by atoms with Gasteiger partial charge in [0.05, 0.1) is 11.4 Å². The average molecular weight is 355 g/mol. The zero-order chi connectivity index (χ0) is 15.2. The van der Waals surface area contributed by atoms with Crippen LogP contribution in [0.5, 0.6) is 0 Å². The van der Waals surface area contributed by atoms with Gasteiger partial charge in [0, 0.05) is 23.5 Å². The van der Waals surface area contributed by atoms with Crippen LogP contribution >= 0.6 is 15.9 Å². The fraction of sp³-hybridized carbons (Fsp3) is 0.133. The number of carbonyl (C=O) groups is 1. The molecule has 0 aliphatic carbocycles. The third-order valence-corrected chi connectivity index (χ3v) is 3.44. The van der Waals surface area contributed by atoms with Gasteiger partial charge in [0.15, 0.2) is 0 Å². The first-order chi connectivity index (χ1) is 10.1. The van der Waals surface area contributed by atoms with E-state index >= 15 is 0 Å². The molecule has 0 atom stereocenters. The molecule has 0 radical (unpaired) electrons. The molecule has 1 amide bonds. The van der Waals surface area contributed by atoms with Crippen LogP contribution in [0.4, 0.5) is 20.2 Å². The number of anilines is 2. The van der Waals surface area contributed by atoms with Gasteiger partial charge in [-0.25, -0.2) is 8.78 Å². The van der Waals surface area contributed by atoms with Crippen molar-refractivity contribution in [2.24, 2.45) is 0 Å². The Balaban J connectivity index is 1.83. The van der Waals surface area contributed by atoms with E-state index in [-0.39, 0.29) is 24.6 Å². The summed E-state index contributed by atoms with van der Waals surface area (Å²) in [6.45, 7) is 0.249. The smallest absolute Gasteiger partial charge is 0.226 e. The van der Waals surface area contributed by atoms with E-state index in [1.54, 1.807) is 6.07 Å². The number of hydrogen-bond acceptors (Lipinski definition) is 2. The van der Waals surface area contributed by atoms with Crippen molar-refractivity contribution in [2.75, 3.05) is 17.2 Å². The first kappa shape index (κ1) is 15.4. The van der Waals surface area contributed by atoms with Gasteiger partial charge < -0.3 is 10.6 Å². The molecule has 2 rings (SSSR count). The molecule has 2 aromatic carbocycles. The number of amides is 1. The molecule has 2 aromatic rings. The summed E-state index contributed by atoms with van der Waals surface area (Å²) in [6.07, 6.45) is 0.165. The Labute approximate surface area is 129 Å². The molecule has 3 nitrogen and oxygen atoms in total. The van der Waals surface area contributed by atoms with Crippen molar-refractivity contribution >= 4 is 33.2 Å². The molecule has 0 aromatic heterocycles. The molecule has 2 N–H and O–H groups in total. The van der Waals surface area contributed by atoms with Crippen molar-refractivity contribution in [3.05, 3.63) is 58.6 Å². The Hall–Kier alpha value is -1.95. The van der Waals surface area contributed by atoms with Gasteiger partial charge in [-0.3, -0.25) is 4.79 Å². The molecule has 0 saturated carbocycles. The summed E-state index contributed by atoms with van der Waals surface area (Å²) >= 11 is 3.33. The van der Waals surface area contributed by atoms with E-state index in [0.29, 0.717) is 5.69 Å². The lowest BCUT2D eigenvalue weighted by molar-refractivity contribution is -0.115. The number of nitrogens with one attached hydrogen (secondary N) is 2. The van der Waals surface area contributed by atoms with E-state index < -0.39 is 11.6 Å². The highest BCUT2D eigenvalue weighted by molar-refractivity contribution is 9.10. The summed E-state index contributed by atoms with van der Waals surface area (Å²) in [4.78, 5) is 11.8. The summed E-state index contributed by atoms with van der Waals surface area (Å²) in [5, 5.41) is 5.50. The van der Waals surface area contributed by atoms with Crippen LogP contribution in [0, 0.1) is 11.6 Å². The molecule has 110 valence electrons. The van der Waals surface area contributed by atoms with Gasteiger partial charge >= 0.3 is 0 Å². The largest absolute Gasteiger partial charge is 0.382 e. The van der Waals surface area contributed by atoms with Crippen molar-refractivity contribution < 1.29 is 13.6 Å². The highest BCUT2D eigenvalue weighted by atomic mass is 79.9. The summed E-state index contributed by atoms with van der Waals surface area (Å²) in [5.41, 5.74) is 0.848. The number of hydrogen-bond donors (Lipinski definition) is 2. The summed E-state index contributed by atoms with van der Waals surface area (Å²) < 4.78 is 26.9. The normalized spacial score (nSPS) is 10.2. The number of benzene rings is 2. The minimum Gasteiger partial charge on any atom is -0.382 e. The molecular weight excluding hydrogens is 342 g/mol. The molecule has 0 heterocycles. The van der Waals surface area contributed by atoms with E-state index in [0.717, 1.165) is 16.6 Å². The van der Waals surface area contributed by atoms with Gasteiger partial charge in [0.1, 0.15) is 11.6 Å². The highest BCUT2D eigenvalue weighted by Gasteiger charge is 2.06. The van der Waals surface area contributed by atoms with Crippen LogP contribution in [-0.4, -0.2) is 12.5 Å². The molecule has 0 unspecified atom stereocenters. The Bertz CT molecular complexity index is 649. The lowest BCUT2D eigenvalue weighted by atomic mass is 10.2. The Morgan fingerprint density at radius 2 is 1.86 bits per heavy atom. The third-order valence-electron chi connectivity index (χ3n) is 2.75. The predicted octanol–water partition coefficient (Wildman–Crippen LogP) is 4.17. The molecule has 0 bridgehead atoms. The van der Waals surface area contributed by atoms with Gasteiger partial charge in [-0.15, -0.1) is 0 Å². The second kappa shape index (κ2) is 7.17. The highest BCUT2D eigenvalue weighted by Crippen LogP contribution is 2.21. The second-order valence-electron chi connectivity index (χ2n) is 4.33. The molecule has 0 saturated heterocycles. The van der Waals surface area contributed by atoms with Gasteiger partial charge in [-0.2, -0.15) is 0 Å².